The lowest BCUT2D eigenvalue weighted by Crippen LogP contribution is -2.22. The lowest BCUT2D eigenvalue weighted by Gasteiger charge is -2.07. The molecule has 3 aromatic rings. The van der Waals surface area contributed by atoms with Crippen LogP contribution in [0.1, 0.15) is 28.5 Å². The summed E-state index contributed by atoms with van der Waals surface area (Å²) in [5.41, 5.74) is 1.16. The molecule has 1 amide bonds. The minimum atomic E-state index is -4.35. The molecule has 28 heavy (non-hydrogen) atoms. The van der Waals surface area contributed by atoms with Gasteiger partial charge in [0.15, 0.2) is 0 Å². The fourth-order valence-electron chi connectivity index (χ4n) is 2.43. The number of aromatic nitrogens is 1. The summed E-state index contributed by atoms with van der Waals surface area (Å²) < 4.78 is 43.6. The van der Waals surface area contributed by atoms with Gasteiger partial charge in [-0.3, -0.25) is 4.79 Å². The van der Waals surface area contributed by atoms with Crippen LogP contribution in [0.3, 0.4) is 0 Å². The van der Waals surface area contributed by atoms with E-state index < -0.39 is 11.7 Å². The van der Waals surface area contributed by atoms with E-state index >= 15 is 0 Å². The Bertz CT molecular complexity index is 935. The van der Waals surface area contributed by atoms with Gasteiger partial charge in [0.1, 0.15) is 17.4 Å². The summed E-state index contributed by atoms with van der Waals surface area (Å²) in [6.45, 7) is 2.63. The van der Waals surface area contributed by atoms with Crippen LogP contribution in [-0.2, 0) is 12.8 Å². The van der Waals surface area contributed by atoms with E-state index in [0.717, 1.165) is 12.1 Å². The summed E-state index contributed by atoms with van der Waals surface area (Å²) in [7, 11) is 0. The number of nitrogens with zero attached hydrogens (tertiary/aromatic N) is 1. The number of halogens is 3. The summed E-state index contributed by atoms with van der Waals surface area (Å²) in [5, 5.41) is 5.14. The van der Waals surface area contributed by atoms with E-state index in [1.54, 1.807) is 29.6 Å². The summed E-state index contributed by atoms with van der Waals surface area (Å²) in [6.07, 6.45) is -4.35. The molecule has 0 fully saturated rings. The molecule has 8 heteroatoms. The highest BCUT2D eigenvalue weighted by Gasteiger charge is 2.30. The van der Waals surface area contributed by atoms with Crippen LogP contribution in [0.4, 0.5) is 13.2 Å². The maximum atomic E-state index is 12.6. The number of carbonyl (C=O) groups excluding carboxylic acids is 1. The minimum absolute atomic E-state index is 0.144. The molecule has 0 atom stereocenters. The van der Waals surface area contributed by atoms with Crippen molar-refractivity contribution in [3.8, 4) is 16.3 Å². The van der Waals surface area contributed by atoms with Gasteiger partial charge in [0.2, 0.25) is 0 Å². The fourth-order valence-corrected chi connectivity index (χ4v) is 3.24. The summed E-state index contributed by atoms with van der Waals surface area (Å²) >= 11 is 1.34. The number of nitrogens with one attached hydrogen (secondary N) is 1. The Kier molecular flexibility index (Phi) is 5.99. The van der Waals surface area contributed by atoms with Crippen LogP contribution in [-0.4, -0.2) is 17.4 Å². The Morgan fingerprint density at radius 2 is 1.79 bits per heavy atom. The van der Waals surface area contributed by atoms with E-state index in [1.807, 2.05) is 6.92 Å². The molecular weight excluding hydrogens is 389 g/mol. The molecular formula is C20H17F3N2O2S. The Morgan fingerprint density at radius 1 is 1.11 bits per heavy atom. The normalized spacial score (nSPS) is 11.3. The van der Waals surface area contributed by atoms with Gasteiger partial charge in [0, 0.05) is 23.1 Å². The Morgan fingerprint density at radius 3 is 2.39 bits per heavy atom. The number of hydrogen-bond donors (Lipinski definition) is 1. The van der Waals surface area contributed by atoms with Crippen LogP contribution in [0.15, 0.2) is 53.9 Å². The minimum Gasteiger partial charge on any atom is -0.487 e. The Labute approximate surface area is 164 Å². The standard InChI is InChI=1S/C20H17F3N2O2S/c1-2-24-18(26)13-5-9-17(10-6-13)27-11-16-12-28-19(25-16)14-3-7-15(8-4-14)20(21,22)23/h3-10,12H,2,11H2,1H3,(H,24,26). The number of amides is 1. The number of alkyl halides is 3. The SMILES string of the molecule is CCNC(=O)c1ccc(OCc2csc(-c3ccc(C(F)(F)F)cc3)n2)cc1. The second-order valence-corrected chi connectivity index (χ2v) is 6.75. The first kappa shape index (κ1) is 19.9. The van der Waals surface area contributed by atoms with Crippen molar-refractivity contribution in [3.05, 3.63) is 70.7 Å². The molecule has 146 valence electrons. The first-order valence-electron chi connectivity index (χ1n) is 8.50. The molecule has 1 aromatic heterocycles. The zero-order chi connectivity index (χ0) is 20.1. The molecule has 0 spiro atoms. The van der Waals surface area contributed by atoms with E-state index in [4.69, 9.17) is 4.74 Å². The van der Waals surface area contributed by atoms with Crippen LogP contribution in [0.25, 0.3) is 10.6 Å². The van der Waals surface area contributed by atoms with Gasteiger partial charge in [-0.15, -0.1) is 11.3 Å². The average molecular weight is 406 g/mol. The zero-order valence-corrected chi connectivity index (χ0v) is 15.7. The smallest absolute Gasteiger partial charge is 0.416 e. The van der Waals surface area contributed by atoms with E-state index in [9.17, 15) is 18.0 Å². The predicted octanol–water partition coefficient (Wildman–Crippen LogP) is 5.16. The third-order valence-corrected chi connectivity index (χ3v) is 4.79. The molecule has 0 radical (unpaired) electrons. The van der Waals surface area contributed by atoms with Crippen LogP contribution < -0.4 is 10.1 Å². The highest BCUT2D eigenvalue weighted by atomic mass is 32.1. The monoisotopic (exact) mass is 406 g/mol. The van der Waals surface area contributed by atoms with Gasteiger partial charge in [-0.05, 0) is 43.3 Å². The van der Waals surface area contributed by atoms with Gasteiger partial charge in [-0.25, -0.2) is 4.98 Å². The molecule has 4 nitrogen and oxygen atoms in total. The van der Waals surface area contributed by atoms with Crippen molar-refractivity contribution >= 4 is 17.2 Å². The number of benzene rings is 2. The molecule has 0 unspecified atom stereocenters. The fraction of sp³-hybridized carbons (Fsp3) is 0.200. The number of carbonyl (C=O) groups is 1. The van der Waals surface area contributed by atoms with Crippen molar-refractivity contribution in [2.45, 2.75) is 19.7 Å². The molecule has 0 saturated heterocycles. The average Bonchev–Trinajstić information content (AvgIpc) is 3.15. The molecule has 0 aliphatic rings. The summed E-state index contributed by atoms with van der Waals surface area (Å²) in [4.78, 5) is 16.1. The van der Waals surface area contributed by atoms with Gasteiger partial charge >= 0.3 is 6.18 Å². The number of thiazole rings is 1. The maximum Gasteiger partial charge on any atom is 0.416 e. The molecule has 0 bridgehead atoms. The van der Waals surface area contributed by atoms with E-state index in [-0.39, 0.29) is 12.5 Å². The first-order chi connectivity index (χ1) is 13.4. The molecule has 0 saturated carbocycles. The molecule has 0 aliphatic heterocycles. The van der Waals surface area contributed by atoms with Gasteiger partial charge in [0.05, 0.1) is 11.3 Å². The van der Waals surface area contributed by atoms with Crippen LogP contribution in [0.2, 0.25) is 0 Å². The maximum absolute atomic E-state index is 12.6. The molecule has 0 aliphatic carbocycles. The molecule has 1 heterocycles. The van der Waals surface area contributed by atoms with Crippen LogP contribution >= 0.6 is 11.3 Å². The highest BCUT2D eigenvalue weighted by Crippen LogP contribution is 2.31. The number of ether oxygens (including phenoxy) is 1. The van der Waals surface area contributed by atoms with Gasteiger partial charge < -0.3 is 10.1 Å². The van der Waals surface area contributed by atoms with Gasteiger partial charge in [-0.2, -0.15) is 13.2 Å². The molecule has 3 rings (SSSR count). The van der Waals surface area contributed by atoms with Crippen molar-refractivity contribution in [3.63, 3.8) is 0 Å². The van der Waals surface area contributed by atoms with Crippen LogP contribution in [0.5, 0.6) is 5.75 Å². The van der Waals surface area contributed by atoms with Crippen molar-refractivity contribution in [1.82, 2.24) is 10.3 Å². The zero-order valence-electron chi connectivity index (χ0n) is 14.9. The Balaban J connectivity index is 1.61. The Hall–Kier alpha value is -2.87. The summed E-state index contributed by atoms with van der Waals surface area (Å²) in [6, 6.07) is 11.7. The second kappa shape index (κ2) is 8.43. The quantitative estimate of drug-likeness (QED) is 0.615. The third kappa shape index (κ3) is 4.89. The largest absolute Gasteiger partial charge is 0.487 e. The first-order valence-corrected chi connectivity index (χ1v) is 9.38. The second-order valence-electron chi connectivity index (χ2n) is 5.89. The highest BCUT2D eigenvalue weighted by molar-refractivity contribution is 7.13. The van der Waals surface area contributed by atoms with Crippen molar-refractivity contribution in [2.24, 2.45) is 0 Å². The third-order valence-electron chi connectivity index (χ3n) is 3.85. The van der Waals surface area contributed by atoms with E-state index in [2.05, 4.69) is 10.3 Å². The lowest BCUT2D eigenvalue weighted by atomic mass is 10.1. The van der Waals surface area contributed by atoms with Crippen LogP contribution in [0, 0.1) is 0 Å². The molecule has 2 aromatic carbocycles. The number of rotatable bonds is 6. The lowest BCUT2D eigenvalue weighted by molar-refractivity contribution is -0.137. The van der Waals surface area contributed by atoms with Crippen molar-refractivity contribution in [2.75, 3.05) is 6.54 Å². The van der Waals surface area contributed by atoms with Crippen molar-refractivity contribution in [1.29, 1.82) is 0 Å². The predicted molar refractivity (Wildman–Crippen MR) is 101 cm³/mol. The van der Waals surface area contributed by atoms with E-state index in [0.29, 0.717) is 34.1 Å². The summed E-state index contributed by atoms with van der Waals surface area (Å²) in [5.74, 6) is 0.451. The topological polar surface area (TPSA) is 51.2 Å². The van der Waals surface area contributed by atoms with E-state index in [1.165, 1.54) is 23.5 Å². The van der Waals surface area contributed by atoms with Crippen molar-refractivity contribution < 1.29 is 22.7 Å². The van der Waals surface area contributed by atoms with Gasteiger partial charge in [0.25, 0.3) is 5.91 Å². The number of hydrogen-bond acceptors (Lipinski definition) is 4. The van der Waals surface area contributed by atoms with Gasteiger partial charge in [-0.1, -0.05) is 12.1 Å². The molecule has 1 N–H and O–H groups in total.